The Bertz CT molecular complexity index is 549. The van der Waals surface area contributed by atoms with Gasteiger partial charge < -0.3 is 15.6 Å². The molecule has 0 radical (unpaired) electrons. The van der Waals surface area contributed by atoms with E-state index in [0.717, 1.165) is 16.9 Å². The Morgan fingerprint density at radius 2 is 1.58 bits per heavy atom. The molecule has 2 aromatic rings. The number of phenols is 1. The Kier molecular flexibility index (Phi) is 4.36. The summed E-state index contributed by atoms with van der Waals surface area (Å²) in [5.41, 5.74) is 7.57. The summed E-state index contributed by atoms with van der Waals surface area (Å²) >= 11 is 4.86. The van der Waals surface area contributed by atoms with Crippen molar-refractivity contribution < 1.29 is 9.84 Å². The van der Waals surface area contributed by atoms with Crippen molar-refractivity contribution in [2.45, 2.75) is 13.0 Å². The van der Waals surface area contributed by atoms with Gasteiger partial charge in [0.2, 0.25) is 0 Å². The lowest BCUT2D eigenvalue weighted by atomic mass is 10.1. The van der Waals surface area contributed by atoms with Crippen LogP contribution in [-0.2, 0) is 13.0 Å². The van der Waals surface area contributed by atoms with Gasteiger partial charge in [-0.25, -0.2) is 0 Å². The summed E-state index contributed by atoms with van der Waals surface area (Å²) in [4.78, 5) is 0.484. The molecule has 0 atom stereocenters. The second-order valence-electron chi connectivity index (χ2n) is 4.24. The Morgan fingerprint density at radius 1 is 1.00 bits per heavy atom. The van der Waals surface area contributed by atoms with Gasteiger partial charge in [-0.1, -0.05) is 36.5 Å². The van der Waals surface area contributed by atoms with Gasteiger partial charge in [-0.15, -0.1) is 0 Å². The minimum absolute atomic E-state index is 0.255. The molecule has 0 aliphatic heterocycles. The molecule has 2 rings (SSSR count). The maximum absolute atomic E-state index is 9.18. The first kappa shape index (κ1) is 13.4. The summed E-state index contributed by atoms with van der Waals surface area (Å²) in [6, 6.07) is 14.6. The topological polar surface area (TPSA) is 55.5 Å². The largest absolute Gasteiger partial charge is 0.508 e. The van der Waals surface area contributed by atoms with E-state index >= 15 is 0 Å². The van der Waals surface area contributed by atoms with Crippen LogP contribution >= 0.6 is 12.2 Å². The Labute approximate surface area is 117 Å². The van der Waals surface area contributed by atoms with E-state index in [1.807, 2.05) is 36.4 Å². The predicted octanol–water partition coefficient (Wildman–Crippen LogP) is 2.80. The van der Waals surface area contributed by atoms with Gasteiger partial charge in [-0.05, 0) is 35.4 Å². The van der Waals surface area contributed by atoms with Gasteiger partial charge in [0.1, 0.15) is 18.1 Å². The summed E-state index contributed by atoms with van der Waals surface area (Å²) in [5, 5.41) is 9.18. The fourth-order valence-corrected chi connectivity index (χ4v) is 1.83. The number of rotatable bonds is 5. The number of benzene rings is 2. The predicted molar refractivity (Wildman–Crippen MR) is 79.4 cm³/mol. The lowest BCUT2D eigenvalue weighted by molar-refractivity contribution is 0.306. The Morgan fingerprint density at radius 3 is 2.16 bits per heavy atom. The van der Waals surface area contributed by atoms with Crippen molar-refractivity contribution in [3.63, 3.8) is 0 Å². The van der Waals surface area contributed by atoms with Gasteiger partial charge in [0, 0.05) is 6.42 Å². The fourth-order valence-electron chi connectivity index (χ4n) is 1.66. The van der Waals surface area contributed by atoms with Crippen LogP contribution in [0.25, 0.3) is 0 Å². The highest BCUT2D eigenvalue weighted by Crippen LogP contribution is 2.16. The second kappa shape index (κ2) is 6.20. The molecule has 0 saturated heterocycles. The van der Waals surface area contributed by atoms with E-state index in [2.05, 4.69) is 0 Å². The van der Waals surface area contributed by atoms with Crippen LogP contribution in [0.5, 0.6) is 11.5 Å². The summed E-state index contributed by atoms with van der Waals surface area (Å²) in [7, 11) is 0. The van der Waals surface area contributed by atoms with E-state index in [-0.39, 0.29) is 5.75 Å². The zero-order valence-electron chi connectivity index (χ0n) is 10.4. The maximum Gasteiger partial charge on any atom is 0.119 e. The first-order valence-electron chi connectivity index (χ1n) is 5.91. The molecule has 0 fully saturated rings. The van der Waals surface area contributed by atoms with E-state index < -0.39 is 0 Å². The van der Waals surface area contributed by atoms with E-state index in [4.69, 9.17) is 22.7 Å². The monoisotopic (exact) mass is 273 g/mol. The van der Waals surface area contributed by atoms with Crippen molar-refractivity contribution in [3.8, 4) is 11.5 Å². The van der Waals surface area contributed by atoms with E-state index in [0.29, 0.717) is 18.0 Å². The highest BCUT2D eigenvalue weighted by atomic mass is 32.1. The van der Waals surface area contributed by atoms with Crippen LogP contribution in [0.1, 0.15) is 11.1 Å². The van der Waals surface area contributed by atoms with Gasteiger partial charge in [-0.3, -0.25) is 0 Å². The van der Waals surface area contributed by atoms with Crippen molar-refractivity contribution in [1.29, 1.82) is 0 Å². The summed E-state index contributed by atoms with van der Waals surface area (Å²) in [6.45, 7) is 0.467. The third-order valence-electron chi connectivity index (χ3n) is 2.64. The molecule has 0 saturated carbocycles. The molecule has 0 unspecified atom stereocenters. The minimum Gasteiger partial charge on any atom is -0.508 e. The number of hydrogen-bond acceptors (Lipinski definition) is 3. The van der Waals surface area contributed by atoms with E-state index in [9.17, 15) is 5.11 Å². The number of hydrogen-bond donors (Lipinski definition) is 2. The number of thiocarbonyl (C=S) groups is 1. The number of ether oxygens (including phenoxy) is 1. The van der Waals surface area contributed by atoms with E-state index in [1.54, 1.807) is 12.1 Å². The molecule has 4 heteroatoms. The molecule has 19 heavy (non-hydrogen) atoms. The van der Waals surface area contributed by atoms with Crippen LogP contribution in [0.3, 0.4) is 0 Å². The highest BCUT2D eigenvalue weighted by molar-refractivity contribution is 7.80. The maximum atomic E-state index is 9.18. The lowest BCUT2D eigenvalue weighted by Crippen LogP contribution is -2.10. The zero-order chi connectivity index (χ0) is 13.7. The van der Waals surface area contributed by atoms with Crippen molar-refractivity contribution in [1.82, 2.24) is 0 Å². The van der Waals surface area contributed by atoms with Crippen molar-refractivity contribution in [3.05, 3.63) is 59.7 Å². The van der Waals surface area contributed by atoms with Crippen molar-refractivity contribution in [2.24, 2.45) is 5.73 Å². The smallest absolute Gasteiger partial charge is 0.119 e. The first-order valence-corrected chi connectivity index (χ1v) is 6.32. The molecule has 0 aliphatic rings. The summed E-state index contributed by atoms with van der Waals surface area (Å²) < 4.78 is 5.65. The van der Waals surface area contributed by atoms with Gasteiger partial charge in [0.05, 0.1) is 4.99 Å². The molecule has 0 spiro atoms. The van der Waals surface area contributed by atoms with Gasteiger partial charge >= 0.3 is 0 Å². The van der Waals surface area contributed by atoms with Crippen LogP contribution in [-0.4, -0.2) is 10.1 Å². The van der Waals surface area contributed by atoms with E-state index in [1.165, 1.54) is 0 Å². The van der Waals surface area contributed by atoms with Gasteiger partial charge in [-0.2, -0.15) is 0 Å². The molecular formula is C15H15NO2S. The minimum atomic E-state index is 0.255. The number of nitrogens with two attached hydrogens (primary N) is 1. The zero-order valence-corrected chi connectivity index (χ0v) is 11.2. The van der Waals surface area contributed by atoms with Crippen LogP contribution in [0.2, 0.25) is 0 Å². The van der Waals surface area contributed by atoms with Gasteiger partial charge in [0.15, 0.2) is 0 Å². The van der Waals surface area contributed by atoms with Gasteiger partial charge in [0.25, 0.3) is 0 Å². The van der Waals surface area contributed by atoms with Crippen LogP contribution in [0.15, 0.2) is 48.5 Å². The Hall–Kier alpha value is -2.07. The van der Waals surface area contributed by atoms with Crippen LogP contribution in [0.4, 0.5) is 0 Å². The SMILES string of the molecule is NC(=S)Cc1ccc(OCc2ccc(O)cc2)cc1. The molecule has 0 bridgehead atoms. The average Bonchev–Trinajstić information content (AvgIpc) is 2.39. The third-order valence-corrected chi connectivity index (χ3v) is 2.79. The summed E-state index contributed by atoms with van der Waals surface area (Å²) in [6.07, 6.45) is 0.605. The molecule has 0 amide bonds. The lowest BCUT2D eigenvalue weighted by Gasteiger charge is -2.07. The quantitative estimate of drug-likeness (QED) is 0.823. The fraction of sp³-hybridized carbons (Fsp3) is 0.133. The Balaban J connectivity index is 1.92. The van der Waals surface area contributed by atoms with Crippen molar-refractivity contribution in [2.75, 3.05) is 0 Å². The molecule has 0 heterocycles. The molecule has 3 N–H and O–H groups in total. The molecule has 0 aromatic heterocycles. The molecule has 0 aliphatic carbocycles. The molecule has 3 nitrogen and oxygen atoms in total. The average molecular weight is 273 g/mol. The summed E-state index contributed by atoms with van der Waals surface area (Å²) in [5.74, 6) is 1.05. The van der Waals surface area contributed by atoms with Crippen molar-refractivity contribution >= 4 is 17.2 Å². The normalized spacial score (nSPS) is 10.1. The molecule has 98 valence electrons. The molecule has 2 aromatic carbocycles. The number of aromatic hydroxyl groups is 1. The first-order chi connectivity index (χ1) is 9.13. The number of phenolic OH excluding ortho intramolecular Hbond substituents is 1. The standard InChI is InChI=1S/C15H15NO2S/c16-15(19)9-11-3-7-14(8-4-11)18-10-12-1-5-13(17)6-2-12/h1-8,17H,9-10H2,(H2,16,19). The molecular weight excluding hydrogens is 258 g/mol. The second-order valence-corrected chi connectivity index (χ2v) is 4.77. The van der Waals surface area contributed by atoms with Crippen LogP contribution in [0, 0.1) is 0 Å². The third kappa shape index (κ3) is 4.26. The van der Waals surface area contributed by atoms with Crippen LogP contribution < -0.4 is 10.5 Å². The highest BCUT2D eigenvalue weighted by Gasteiger charge is 1.99.